The number of aliphatic hydroxyl groups excluding tert-OH is 1. The third-order valence-electron chi connectivity index (χ3n) is 2.44. The second-order valence-electron chi connectivity index (χ2n) is 3.38. The van der Waals surface area contributed by atoms with Crippen LogP contribution in [0, 0.1) is 5.92 Å². The van der Waals surface area contributed by atoms with Crippen LogP contribution in [-0.2, 0) is 6.42 Å². The molecule has 0 spiro atoms. The van der Waals surface area contributed by atoms with Crippen LogP contribution in [0.3, 0.4) is 0 Å². The van der Waals surface area contributed by atoms with Gasteiger partial charge in [0.2, 0.25) is 0 Å². The summed E-state index contributed by atoms with van der Waals surface area (Å²) >= 11 is 7.64. The molecule has 0 aromatic carbocycles. The van der Waals surface area contributed by atoms with Crippen molar-refractivity contribution in [1.29, 1.82) is 0 Å². The maximum atomic E-state index is 9.58. The minimum absolute atomic E-state index is 0.210. The predicted molar refractivity (Wildman–Crippen MR) is 55.4 cm³/mol. The number of thiophene rings is 1. The summed E-state index contributed by atoms with van der Waals surface area (Å²) in [5.74, 6) is 0.330. The van der Waals surface area contributed by atoms with Crippen LogP contribution in [0.4, 0.5) is 0 Å². The molecular formula is C9H12ClNOS. The Kier molecular flexibility index (Phi) is 2.89. The average molecular weight is 218 g/mol. The summed E-state index contributed by atoms with van der Waals surface area (Å²) < 4.78 is 0. The van der Waals surface area contributed by atoms with Gasteiger partial charge in [-0.25, -0.2) is 0 Å². The standard InChI is InChI=1S/C9H12ClNOS/c10-7-1-2-13-9(7)3-6-4-11-5-8(6)12/h1-2,6,8,11-12H,3-5H2. The van der Waals surface area contributed by atoms with E-state index in [9.17, 15) is 5.11 Å². The summed E-state index contributed by atoms with van der Waals surface area (Å²) in [6, 6.07) is 1.91. The van der Waals surface area contributed by atoms with E-state index in [0.717, 1.165) is 18.0 Å². The minimum Gasteiger partial charge on any atom is -0.391 e. The fourth-order valence-electron chi connectivity index (χ4n) is 1.64. The van der Waals surface area contributed by atoms with Crippen molar-refractivity contribution in [1.82, 2.24) is 5.32 Å². The van der Waals surface area contributed by atoms with Crippen LogP contribution >= 0.6 is 22.9 Å². The molecule has 0 radical (unpaired) electrons. The van der Waals surface area contributed by atoms with Crippen molar-refractivity contribution in [3.8, 4) is 0 Å². The van der Waals surface area contributed by atoms with E-state index in [1.165, 1.54) is 4.88 Å². The zero-order valence-electron chi connectivity index (χ0n) is 7.16. The Balaban J connectivity index is 2.01. The molecule has 2 nitrogen and oxygen atoms in total. The summed E-state index contributed by atoms with van der Waals surface area (Å²) in [7, 11) is 0. The first-order valence-corrected chi connectivity index (χ1v) is 5.64. The van der Waals surface area contributed by atoms with Gasteiger partial charge < -0.3 is 10.4 Å². The highest BCUT2D eigenvalue weighted by molar-refractivity contribution is 7.10. The Morgan fingerprint density at radius 1 is 1.62 bits per heavy atom. The summed E-state index contributed by atoms with van der Waals surface area (Å²) in [4.78, 5) is 1.19. The highest BCUT2D eigenvalue weighted by atomic mass is 35.5. The van der Waals surface area contributed by atoms with E-state index in [2.05, 4.69) is 5.32 Å². The number of β-amino-alcohol motifs (C(OH)–C–C–N with tert-alkyl or cyclic N) is 1. The molecule has 0 aliphatic carbocycles. The number of halogens is 1. The topological polar surface area (TPSA) is 32.3 Å². The molecule has 1 fully saturated rings. The first kappa shape index (κ1) is 9.46. The molecule has 1 saturated heterocycles. The maximum Gasteiger partial charge on any atom is 0.0708 e. The van der Waals surface area contributed by atoms with E-state index in [1.807, 2.05) is 11.4 Å². The van der Waals surface area contributed by atoms with E-state index in [-0.39, 0.29) is 6.10 Å². The molecule has 13 heavy (non-hydrogen) atoms. The average Bonchev–Trinajstić information content (AvgIpc) is 2.65. The minimum atomic E-state index is -0.210. The van der Waals surface area contributed by atoms with Crippen molar-refractivity contribution in [2.75, 3.05) is 13.1 Å². The van der Waals surface area contributed by atoms with Crippen LogP contribution in [0.5, 0.6) is 0 Å². The van der Waals surface area contributed by atoms with E-state index in [4.69, 9.17) is 11.6 Å². The van der Waals surface area contributed by atoms with Crippen molar-refractivity contribution in [2.24, 2.45) is 5.92 Å². The van der Waals surface area contributed by atoms with Crippen molar-refractivity contribution in [3.63, 3.8) is 0 Å². The third kappa shape index (κ3) is 2.05. The van der Waals surface area contributed by atoms with Crippen molar-refractivity contribution >= 4 is 22.9 Å². The lowest BCUT2D eigenvalue weighted by Crippen LogP contribution is -2.19. The summed E-state index contributed by atoms with van der Waals surface area (Å²) in [5.41, 5.74) is 0. The number of hydrogen-bond donors (Lipinski definition) is 2. The predicted octanol–water partition coefficient (Wildman–Crippen LogP) is 1.52. The quantitative estimate of drug-likeness (QED) is 0.788. The van der Waals surface area contributed by atoms with Crippen molar-refractivity contribution in [3.05, 3.63) is 21.3 Å². The largest absolute Gasteiger partial charge is 0.391 e. The lowest BCUT2D eigenvalue weighted by atomic mass is 10.0. The molecular weight excluding hydrogens is 206 g/mol. The van der Waals surface area contributed by atoms with Crippen LogP contribution < -0.4 is 5.32 Å². The Morgan fingerprint density at radius 2 is 2.46 bits per heavy atom. The van der Waals surface area contributed by atoms with Gasteiger partial charge in [-0.05, 0) is 17.9 Å². The fraction of sp³-hybridized carbons (Fsp3) is 0.556. The molecule has 2 heterocycles. The van der Waals surface area contributed by atoms with Crippen LogP contribution in [0.15, 0.2) is 11.4 Å². The lowest BCUT2D eigenvalue weighted by molar-refractivity contribution is 0.148. The number of hydrogen-bond acceptors (Lipinski definition) is 3. The maximum absolute atomic E-state index is 9.58. The van der Waals surface area contributed by atoms with Crippen molar-refractivity contribution < 1.29 is 5.11 Å². The van der Waals surface area contributed by atoms with Gasteiger partial charge >= 0.3 is 0 Å². The molecule has 4 heteroatoms. The molecule has 1 aliphatic heterocycles. The van der Waals surface area contributed by atoms with E-state index in [1.54, 1.807) is 11.3 Å². The van der Waals surface area contributed by atoms with Gasteiger partial charge in [0.15, 0.2) is 0 Å². The Morgan fingerprint density at radius 3 is 3.00 bits per heavy atom. The second kappa shape index (κ2) is 3.96. The van der Waals surface area contributed by atoms with E-state index in [0.29, 0.717) is 12.5 Å². The van der Waals surface area contributed by atoms with Gasteiger partial charge in [0.05, 0.1) is 11.1 Å². The molecule has 1 aliphatic rings. The summed E-state index contributed by atoms with van der Waals surface area (Å²) in [6.07, 6.45) is 0.683. The first-order chi connectivity index (χ1) is 6.27. The molecule has 1 aromatic heterocycles. The van der Waals surface area contributed by atoms with Gasteiger partial charge in [-0.1, -0.05) is 11.6 Å². The molecule has 0 amide bonds. The van der Waals surface area contributed by atoms with Crippen LogP contribution in [0.2, 0.25) is 5.02 Å². The third-order valence-corrected chi connectivity index (χ3v) is 3.85. The Bertz CT molecular complexity index is 289. The highest BCUT2D eigenvalue weighted by Gasteiger charge is 2.25. The van der Waals surface area contributed by atoms with Crippen molar-refractivity contribution in [2.45, 2.75) is 12.5 Å². The Hall–Kier alpha value is -0.0900. The monoisotopic (exact) mass is 217 g/mol. The first-order valence-electron chi connectivity index (χ1n) is 4.38. The smallest absolute Gasteiger partial charge is 0.0708 e. The van der Waals surface area contributed by atoms with Gasteiger partial charge in [-0.3, -0.25) is 0 Å². The van der Waals surface area contributed by atoms with Gasteiger partial charge in [-0.2, -0.15) is 0 Å². The van der Waals surface area contributed by atoms with Gasteiger partial charge in [0.1, 0.15) is 0 Å². The summed E-state index contributed by atoms with van der Waals surface area (Å²) in [5, 5.41) is 15.6. The molecule has 1 aromatic rings. The molecule has 2 atom stereocenters. The van der Waals surface area contributed by atoms with Gasteiger partial charge in [0.25, 0.3) is 0 Å². The van der Waals surface area contributed by atoms with Gasteiger partial charge in [0, 0.05) is 23.9 Å². The zero-order valence-corrected chi connectivity index (χ0v) is 8.74. The highest BCUT2D eigenvalue weighted by Crippen LogP contribution is 2.26. The van der Waals surface area contributed by atoms with Gasteiger partial charge in [-0.15, -0.1) is 11.3 Å². The van der Waals surface area contributed by atoms with E-state index >= 15 is 0 Å². The molecule has 2 rings (SSSR count). The summed E-state index contributed by atoms with van der Waals surface area (Å²) in [6.45, 7) is 1.61. The van der Waals surface area contributed by atoms with Crippen LogP contribution in [0.1, 0.15) is 4.88 Å². The zero-order chi connectivity index (χ0) is 9.26. The number of rotatable bonds is 2. The number of nitrogens with one attached hydrogen (secondary N) is 1. The second-order valence-corrected chi connectivity index (χ2v) is 4.79. The van der Waals surface area contributed by atoms with E-state index < -0.39 is 0 Å². The SMILES string of the molecule is OC1CNCC1Cc1sccc1Cl. The lowest BCUT2D eigenvalue weighted by Gasteiger charge is -2.11. The molecule has 0 bridgehead atoms. The van der Waals surface area contributed by atoms with Crippen LogP contribution in [-0.4, -0.2) is 24.3 Å². The molecule has 2 unspecified atom stereocenters. The molecule has 72 valence electrons. The Labute approximate surface area is 86.5 Å². The molecule has 0 saturated carbocycles. The molecule has 2 N–H and O–H groups in total. The normalized spacial score (nSPS) is 28.2. The fourth-order valence-corrected chi connectivity index (χ4v) is 2.84. The number of aliphatic hydroxyl groups is 1. The van der Waals surface area contributed by atoms with Crippen LogP contribution in [0.25, 0.3) is 0 Å².